The maximum atomic E-state index is 12.4. The van der Waals surface area contributed by atoms with Gasteiger partial charge in [0.15, 0.2) is 0 Å². The van der Waals surface area contributed by atoms with Crippen LogP contribution in [-0.2, 0) is 4.79 Å². The molecule has 0 saturated heterocycles. The Bertz CT molecular complexity index is 650. The van der Waals surface area contributed by atoms with Crippen LogP contribution < -0.4 is 16.0 Å². The maximum absolute atomic E-state index is 12.4. The van der Waals surface area contributed by atoms with Crippen LogP contribution >= 0.6 is 0 Å². The number of nitrogens with one attached hydrogen (secondary N) is 3. The van der Waals surface area contributed by atoms with Crippen molar-refractivity contribution in [1.29, 1.82) is 0 Å². The lowest BCUT2D eigenvalue weighted by Crippen LogP contribution is -2.37. The van der Waals surface area contributed by atoms with E-state index in [-0.39, 0.29) is 35.7 Å². The molecule has 1 aromatic rings. The molecule has 0 unspecified atom stereocenters. The minimum absolute atomic E-state index is 0.110. The molecule has 27 heavy (non-hydrogen) atoms. The van der Waals surface area contributed by atoms with Crippen molar-refractivity contribution in [3.05, 3.63) is 23.8 Å². The van der Waals surface area contributed by atoms with E-state index in [0.29, 0.717) is 11.7 Å². The number of rotatable bonds is 6. The zero-order valence-electron chi connectivity index (χ0n) is 15.9. The Morgan fingerprint density at radius 2 is 1.56 bits per heavy atom. The van der Waals surface area contributed by atoms with Gasteiger partial charge in [0, 0.05) is 23.8 Å². The first-order valence-electron chi connectivity index (χ1n) is 10.3. The predicted molar refractivity (Wildman–Crippen MR) is 106 cm³/mol. The average Bonchev–Trinajstić information content (AvgIpc) is 2.68. The summed E-state index contributed by atoms with van der Waals surface area (Å²) in [6.45, 7) is 0.259. The first-order chi connectivity index (χ1) is 13.1. The highest BCUT2D eigenvalue weighted by Crippen LogP contribution is 2.24. The minimum Gasteiger partial charge on any atom is -0.507 e. The number of carbonyl (C=O) groups excluding carboxylic acids is 2. The van der Waals surface area contributed by atoms with Crippen molar-refractivity contribution in [2.45, 2.75) is 76.3 Å². The van der Waals surface area contributed by atoms with E-state index < -0.39 is 0 Å². The number of anilines is 1. The molecule has 2 aliphatic rings. The molecule has 2 saturated carbocycles. The SMILES string of the molecule is O=C(CNC1CCCCC1)Nc1ccc(C(=O)NC2CCCCC2)c(O)c1. The van der Waals surface area contributed by atoms with Crippen LogP contribution in [0.1, 0.15) is 74.6 Å². The van der Waals surface area contributed by atoms with Crippen molar-refractivity contribution in [3.63, 3.8) is 0 Å². The number of phenolic OH excluding ortho intramolecular Hbond substituents is 1. The largest absolute Gasteiger partial charge is 0.507 e. The Kier molecular flexibility index (Phi) is 7.10. The van der Waals surface area contributed by atoms with Gasteiger partial charge in [-0.25, -0.2) is 0 Å². The summed E-state index contributed by atoms with van der Waals surface area (Å²) in [5.74, 6) is -0.503. The van der Waals surface area contributed by atoms with E-state index in [1.54, 1.807) is 12.1 Å². The van der Waals surface area contributed by atoms with Gasteiger partial charge in [-0.05, 0) is 37.8 Å². The summed E-state index contributed by atoms with van der Waals surface area (Å²) in [4.78, 5) is 24.5. The Balaban J connectivity index is 1.49. The second-order valence-electron chi connectivity index (χ2n) is 7.80. The number of phenols is 1. The van der Waals surface area contributed by atoms with Crippen LogP contribution in [0.5, 0.6) is 5.75 Å². The highest BCUT2D eigenvalue weighted by molar-refractivity contribution is 5.98. The molecular formula is C21H31N3O3. The summed E-state index contributed by atoms with van der Waals surface area (Å²) < 4.78 is 0. The van der Waals surface area contributed by atoms with E-state index >= 15 is 0 Å². The normalized spacial score (nSPS) is 18.8. The fraction of sp³-hybridized carbons (Fsp3) is 0.619. The van der Waals surface area contributed by atoms with Gasteiger partial charge in [-0.2, -0.15) is 0 Å². The van der Waals surface area contributed by atoms with Crippen LogP contribution in [0, 0.1) is 0 Å². The lowest BCUT2D eigenvalue weighted by atomic mass is 9.95. The van der Waals surface area contributed by atoms with Gasteiger partial charge in [0.25, 0.3) is 5.91 Å². The molecule has 4 N–H and O–H groups in total. The van der Waals surface area contributed by atoms with Crippen LogP contribution in [0.4, 0.5) is 5.69 Å². The molecule has 6 nitrogen and oxygen atoms in total. The van der Waals surface area contributed by atoms with Gasteiger partial charge in [0.2, 0.25) is 5.91 Å². The Morgan fingerprint density at radius 3 is 2.19 bits per heavy atom. The maximum Gasteiger partial charge on any atom is 0.255 e. The van der Waals surface area contributed by atoms with E-state index in [9.17, 15) is 14.7 Å². The summed E-state index contributed by atoms with van der Waals surface area (Å²) >= 11 is 0. The Morgan fingerprint density at radius 1 is 0.926 bits per heavy atom. The number of amides is 2. The van der Waals surface area contributed by atoms with Crippen molar-refractivity contribution in [3.8, 4) is 5.75 Å². The number of aromatic hydroxyl groups is 1. The van der Waals surface area contributed by atoms with Crippen LogP contribution in [0.2, 0.25) is 0 Å². The lowest BCUT2D eigenvalue weighted by Gasteiger charge is -2.23. The molecule has 0 atom stereocenters. The summed E-state index contributed by atoms with van der Waals surface area (Å²) in [7, 11) is 0. The number of benzene rings is 1. The van der Waals surface area contributed by atoms with Gasteiger partial charge in [-0.3, -0.25) is 9.59 Å². The molecule has 148 valence electrons. The summed E-state index contributed by atoms with van der Waals surface area (Å²) in [6.07, 6.45) is 11.5. The monoisotopic (exact) mass is 373 g/mol. The van der Waals surface area contributed by atoms with Gasteiger partial charge >= 0.3 is 0 Å². The van der Waals surface area contributed by atoms with E-state index in [0.717, 1.165) is 38.5 Å². The number of hydrogen-bond acceptors (Lipinski definition) is 4. The third kappa shape index (κ3) is 5.96. The molecule has 0 bridgehead atoms. The van der Waals surface area contributed by atoms with E-state index in [2.05, 4.69) is 16.0 Å². The molecule has 1 aromatic carbocycles. The van der Waals surface area contributed by atoms with Gasteiger partial charge in [0.1, 0.15) is 5.75 Å². The molecule has 2 aliphatic carbocycles. The van der Waals surface area contributed by atoms with Crippen molar-refractivity contribution in [1.82, 2.24) is 10.6 Å². The van der Waals surface area contributed by atoms with Gasteiger partial charge < -0.3 is 21.1 Å². The highest BCUT2D eigenvalue weighted by atomic mass is 16.3. The van der Waals surface area contributed by atoms with Crippen molar-refractivity contribution in [2.24, 2.45) is 0 Å². The van der Waals surface area contributed by atoms with Gasteiger partial charge in [-0.15, -0.1) is 0 Å². The smallest absolute Gasteiger partial charge is 0.255 e. The Hall–Kier alpha value is -2.08. The molecule has 2 amide bonds. The molecule has 0 heterocycles. The van der Waals surface area contributed by atoms with Crippen molar-refractivity contribution in [2.75, 3.05) is 11.9 Å². The highest BCUT2D eigenvalue weighted by Gasteiger charge is 2.19. The van der Waals surface area contributed by atoms with Crippen LogP contribution in [0.15, 0.2) is 18.2 Å². The molecule has 0 aliphatic heterocycles. The standard InChI is InChI=1S/C21H31N3O3/c25-19-13-17(23-20(26)14-22-15-7-3-1-4-8-15)11-12-18(19)21(27)24-16-9-5-2-6-10-16/h11-13,15-16,22,25H,1-10,14H2,(H,23,26)(H,24,27). The zero-order valence-corrected chi connectivity index (χ0v) is 15.9. The molecule has 0 aromatic heterocycles. The lowest BCUT2D eigenvalue weighted by molar-refractivity contribution is -0.115. The second-order valence-corrected chi connectivity index (χ2v) is 7.80. The van der Waals surface area contributed by atoms with Gasteiger partial charge in [0.05, 0.1) is 12.1 Å². The molecule has 0 spiro atoms. The fourth-order valence-corrected chi connectivity index (χ4v) is 4.06. The van der Waals surface area contributed by atoms with E-state index in [1.807, 2.05) is 0 Å². The number of carbonyl (C=O) groups is 2. The topological polar surface area (TPSA) is 90.5 Å². The van der Waals surface area contributed by atoms with E-state index in [4.69, 9.17) is 0 Å². The molecule has 2 fully saturated rings. The first kappa shape index (κ1) is 19.7. The third-order valence-corrected chi connectivity index (χ3v) is 5.62. The summed E-state index contributed by atoms with van der Waals surface area (Å²) in [5, 5.41) is 19.3. The second kappa shape index (κ2) is 9.74. The first-order valence-corrected chi connectivity index (χ1v) is 10.3. The summed E-state index contributed by atoms with van der Waals surface area (Å²) in [5.41, 5.74) is 0.746. The zero-order chi connectivity index (χ0) is 19.1. The number of hydrogen-bond donors (Lipinski definition) is 4. The summed E-state index contributed by atoms with van der Waals surface area (Å²) in [6, 6.07) is 5.28. The molecule has 0 radical (unpaired) electrons. The van der Waals surface area contributed by atoms with Crippen molar-refractivity contribution >= 4 is 17.5 Å². The van der Waals surface area contributed by atoms with Gasteiger partial charge in [-0.1, -0.05) is 38.5 Å². The van der Waals surface area contributed by atoms with Crippen LogP contribution in [0.3, 0.4) is 0 Å². The quantitative estimate of drug-likeness (QED) is 0.616. The fourth-order valence-electron chi connectivity index (χ4n) is 4.06. The van der Waals surface area contributed by atoms with Crippen LogP contribution in [-0.4, -0.2) is 35.5 Å². The van der Waals surface area contributed by atoms with Crippen LogP contribution in [0.25, 0.3) is 0 Å². The molecule has 6 heteroatoms. The molecular weight excluding hydrogens is 342 g/mol. The third-order valence-electron chi connectivity index (χ3n) is 5.62. The Labute approximate surface area is 161 Å². The van der Waals surface area contributed by atoms with E-state index in [1.165, 1.54) is 31.7 Å². The average molecular weight is 373 g/mol. The minimum atomic E-state index is -0.253. The predicted octanol–water partition coefficient (Wildman–Crippen LogP) is 3.32. The molecule has 3 rings (SSSR count). The van der Waals surface area contributed by atoms with Crippen molar-refractivity contribution < 1.29 is 14.7 Å².